The second kappa shape index (κ2) is 13.2. The molecule has 3 N–H and O–H groups in total. The van der Waals surface area contributed by atoms with Gasteiger partial charge in [0.2, 0.25) is 0 Å². The fourth-order valence-electron chi connectivity index (χ4n) is 3.42. The number of hydrazone groups is 1. The monoisotopic (exact) mass is 648 g/mol. The number of benzene rings is 3. The van der Waals surface area contributed by atoms with E-state index in [4.69, 9.17) is 21.1 Å². The molecule has 0 unspecified atom stereocenters. The summed E-state index contributed by atoms with van der Waals surface area (Å²) in [5, 5.41) is 9.80. The predicted molar refractivity (Wildman–Crippen MR) is 156 cm³/mol. The molecule has 9 nitrogen and oxygen atoms in total. The highest BCUT2D eigenvalue weighted by Gasteiger charge is 2.16. The van der Waals surface area contributed by atoms with Crippen LogP contribution in [0, 0.1) is 24.3 Å². The lowest BCUT2D eigenvalue weighted by molar-refractivity contribution is -0.136. The van der Waals surface area contributed by atoms with Crippen molar-refractivity contribution in [2.45, 2.75) is 20.8 Å². The van der Waals surface area contributed by atoms with Crippen molar-refractivity contribution >= 4 is 69.5 Å². The van der Waals surface area contributed by atoms with Crippen molar-refractivity contribution in [3.8, 4) is 11.5 Å². The van der Waals surface area contributed by atoms with Crippen LogP contribution >= 0.6 is 34.2 Å². The van der Waals surface area contributed by atoms with Crippen molar-refractivity contribution in [1.82, 2.24) is 5.43 Å². The molecular formula is C27H26ClIN4O5. The van der Waals surface area contributed by atoms with E-state index in [1.54, 1.807) is 30.3 Å². The maximum absolute atomic E-state index is 12.4. The van der Waals surface area contributed by atoms with Gasteiger partial charge in [-0.3, -0.25) is 14.4 Å². The van der Waals surface area contributed by atoms with Gasteiger partial charge in [-0.25, -0.2) is 5.43 Å². The van der Waals surface area contributed by atoms with Crippen molar-refractivity contribution in [2.75, 3.05) is 24.4 Å². The SMILES string of the molecule is COc1cc(/C=N\NC(=O)C(=O)Nc2c(C)cccc2C)cc(I)c1OCC(=O)Nc1cccc(Cl)c1C. The number of amides is 3. The van der Waals surface area contributed by atoms with Gasteiger partial charge in [0.05, 0.1) is 16.9 Å². The third-order valence-corrected chi connectivity index (χ3v) is 6.66. The molecule has 0 radical (unpaired) electrons. The molecule has 198 valence electrons. The minimum atomic E-state index is -0.911. The number of methoxy groups -OCH3 is 1. The fraction of sp³-hybridized carbons (Fsp3) is 0.185. The molecule has 0 heterocycles. The molecule has 0 aliphatic carbocycles. The minimum Gasteiger partial charge on any atom is -0.493 e. The zero-order chi connectivity index (χ0) is 27.8. The summed E-state index contributed by atoms with van der Waals surface area (Å²) in [7, 11) is 1.47. The molecule has 0 saturated carbocycles. The average Bonchev–Trinajstić information content (AvgIpc) is 2.87. The number of rotatable bonds is 8. The first-order chi connectivity index (χ1) is 18.1. The van der Waals surface area contributed by atoms with Gasteiger partial charge in [-0.1, -0.05) is 35.9 Å². The highest BCUT2D eigenvalue weighted by molar-refractivity contribution is 14.1. The molecular weight excluding hydrogens is 623 g/mol. The molecule has 0 aliphatic rings. The zero-order valence-corrected chi connectivity index (χ0v) is 24.1. The van der Waals surface area contributed by atoms with E-state index in [0.29, 0.717) is 37.0 Å². The Hall–Kier alpha value is -3.64. The molecule has 0 bridgehead atoms. The molecule has 0 aromatic heterocycles. The van der Waals surface area contributed by atoms with Crippen LogP contribution in [0.1, 0.15) is 22.3 Å². The summed E-state index contributed by atoms with van der Waals surface area (Å²) in [5.41, 5.74) is 6.42. The number of anilines is 2. The van der Waals surface area contributed by atoms with E-state index in [-0.39, 0.29) is 12.5 Å². The van der Waals surface area contributed by atoms with E-state index in [0.717, 1.165) is 16.7 Å². The summed E-state index contributed by atoms with van der Waals surface area (Å²) >= 11 is 8.15. The Balaban J connectivity index is 1.61. The number of carbonyl (C=O) groups excluding carboxylic acids is 3. The van der Waals surface area contributed by atoms with Gasteiger partial charge in [-0.2, -0.15) is 5.10 Å². The van der Waals surface area contributed by atoms with E-state index in [1.807, 2.05) is 61.6 Å². The quantitative estimate of drug-likeness (QED) is 0.138. The van der Waals surface area contributed by atoms with Gasteiger partial charge >= 0.3 is 11.8 Å². The van der Waals surface area contributed by atoms with Crippen molar-refractivity contribution in [3.05, 3.63) is 79.4 Å². The van der Waals surface area contributed by atoms with E-state index in [9.17, 15) is 14.4 Å². The topological polar surface area (TPSA) is 118 Å². The Kier molecular flexibility index (Phi) is 10.1. The molecule has 0 atom stereocenters. The standard InChI is InChI=1S/C27H26ClIN4O5/c1-15-7-5-8-16(2)24(15)32-26(35)27(36)33-30-13-18-11-20(29)25(22(12-18)37-4)38-14-23(34)31-21-10-6-9-19(28)17(21)3/h5-13H,14H2,1-4H3,(H,31,34)(H,32,35)(H,33,36)/b30-13-. The Morgan fingerprint density at radius 2 is 1.68 bits per heavy atom. The van der Waals surface area contributed by atoms with Crippen LogP contribution in [0.15, 0.2) is 53.6 Å². The lowest BCUT2D eigenvalue weighted by Crippen LogP contribution is -2.32. The molecule has 0 aliphatic heterocycles. The van der Waals surface area contributed by atoms with Gasteiger partial charge in [0.1, 0.15) is 0 Å². The normalized spacial score (nSPS) is 10.7. The summed E-state index contributed by atoms with van der Waals surface area (Å²) in [6, 6.07) is 14.1. The second-order valence-electron chi connectivity index (χ2n) is 8.20. The van der Waals surface area contributed by atoms with E-state index in [1.165, 1.54) is 13.3 Å². The summed E-state index contributed by atoms with van der Waals surface area (Å²) in [6.45, 7) is 5.24. The van der Waals surface area contributed by atoms with Gasteiger partial charge in [0, 0.05) is 16.4 Å². The first kappa shape index (κ1) is 28.9. The van der Waals surface area contributed by atoms with Crippen LogP contribution in [0.4, 0.5) is 11.4 Å². The molecule has 0 fully saturated rings. The van der Waals surface area contributed by atoms with Gasteiger partial charge in [0.25, 0.3) is 5.91 Å². The molecule has 3 rings (SSSR count). The number of hydrogen-bond acceptors (Lipinski definition) is 6. The Labute approximate surface area is 239 Å². The van der Waals surface area contributed by atoms with Crippen molar-refractivity contribution in [3.63, 3.8) is 0 Å². The molecule has 38 heavy (non-hydrogen) atoms. The third-order valence-electron chi connectivity index (χ3n) is 5.45. The van der Waals surface area contributed by atoms with Gasteiger partial charge in [-0.05, 0) is 89.9 Å². The number of aryl methyl sites for hydroxylation is 2. The number of halogens is 2. The fourth-order valence-corrected chi connectivity index (χ4v) is 4.38. The van der Waals surface area contributed by atoms with E-state index in [2.05, 4.69) is 21.2 Å². The van der Waals surface area contributed by atoms with Gasteiger partial charge < -0.3 is 20.1 Å². The highest BCUT2D eigenvalue weighted by Crippen LogP contribution is 2.33. The smallest absolute Gasteiger partial charge is 0.329 e. The minimum absolute atomic E-state index is 0.253. The Morgan fingerprint density at radius 3 is 2.37 bits per heavy atom. The number of nitrogens with zero attached hydrogens (tertiary/aromatic N) is 1. The van der Waals surface area contributed by atoms with Gasteiger partial charge in [-0.15, -0.1) is 0 Å². The van der Waals surface area contributed by atoms with Crippen LogP contribution in [0.25, 0.3) is 0 Å². The highest BCUT2D eigenvalue weighted by atomic mass is 127. The molecule has 11 heteroatoms. The van der Waals surface area contributed by atoms with Crippen LogP contribution in [0.2, 0.25) is 5.02 Å². The van der Waals surface area contributed by atoms with E-state index >= 15 is 0 Å². The van der Waals surface area contributed by atoms with Crippen LogP contribution in [-0.4, -0.2) is 37.7 Å². The lowest BCUT2D eigenvalue weighted by Gasteiger charge is -2.14. The van der Waals surface area contributed by atoms with Crippen LogP contribution in [-0.2, 0) is 14.4 Å². The molecule has 3 aromatic rings. The van der Waals surface area contributed by atoms with Gasteiger partial charge in [0.15, 0.2) is 18.1 Å². The van der Waals surface area contributed by atoms with Crippen LogP contribution < -0.4 is 25.5 Å². The molecule has 3 amide bonds. The van der Waals surface area contributed by atoms with Crippen LogP contribution in [0.3, 0.4) is 0 Å². The summed E-state index contributed by atoms with van der Waals surface area (Å²) in [6.07, 6.45) is 1.37. The third kappa shape index (κ3) is 7.45. The largest absolute Gasteiger partial charge is 0.493 e. The average molecular weight is 649 g/mol. The number of carbonyl (C=O) groups is 3. The second-order valence-corrected chi connectivity index (χ2v) is 9.77. The van der Waals surface area contributed by atoms with Crippen molar-refractivity contribution in [2.24, 2.45) is 5.10 Å². The Bertz CT molecular complexity index is 1390. The zero-order valence-electron chi connectivity index (χ0n) is 21.1. The predicted octanol–water partition coefficient (Wildman–Crippen LogP) is 4.98. The first-order valence-electron chi connectivity index (χ1n) is 11.4. The van der Waals surface area contributed by atoms with Crippen molar-refractivity contribution in [1.29, 1.82) is 0 Å². The van der Waals surface area contributed by atoms with Crippen LogP contribution in [0.5, 0.6) is 11.5 Å². The summed E-state index contributed by atoms with van der Waals surface area (Å²) < 4.78 is 11.8. The van der Waals surface area contributed by atoms with Crippen molar-refractivity contribution < 1.29 is 23.9 Å². The number of nitrogens with one attached hydrogen (secondary N) is 3. The number of para-hydroxylation sites is 1. The Morgan fingerprint density at radius 1 is 1.00 bits per heavy atom. The lowest BCUT2D eigenvalue weighted by atomic mass is 10.1. The summed E-state index contributed by atoms with van der Waals surface area (Å²) in [4.78, 5) is 36.9. The molecule has 3 aromatic carbocycles. The first-order valence-corrected chi connectivity index (χ1v) is 12.8. The molecule has 0 spiro atoms. The molecule has 0 saturated heterocycles. The maximum atomic E-state index is 12.4. The summed E-state index contributed by atoms with van der Waals surface area (Å²) in [5.74, 6) is -1.36. The number of ether oxygens (including phenoxy) is 2. The number of hydrogen-bond donors (Lipinski definition) is 3. The van der Waals surface area contributed by atoms with E-state index < -0.39 is 11.8 Å². The maximum Gasteiger partial charge on any atom is 0.329 e.